The standard InChI is InChI=1S/C14H15N3OS2/c1-8-7-16-14(20-8)9(2)17-13(18)11-5-3-4-10(6-11)12(15)19/h3-7,9H,1-2H3,(H2,15,19)(H,17,18). The first-order valence-corrected chi connectivity index (χ1v) is 7.33. The third kappa shape index (κ3) is 3.40. The van der Waals surface area contributed by atoms with E-state index in [9.17, 15) is 4.79 Å². The second-order valence-corrected chi connectivity index (χ2v) is 6.16. The van der Waals surface area contributed by atoms with Gasteiger partial charge in [0.2, 0.25) is 0 Å². The summed E-state index contributed by atoms with van der Waals surface area (Å²) in [5, 5.41) is 3.81. The van der Waals surface area contributed by atoms with Gasteiger partial charge in [-0.3, -0.25) is 4.79 Å². The lowest BCUT2D eigenvalue weighted by Crippen LogP contribution is -2.26. The van der Waals surface area contributed by atoms with Gasteiger partial charge in [-0.15, -0.1) is 11.3 Å². The maximum atomic E-state index is 12.2. The lowest BCUT2D eigenvalue weighted by atomic mass is 10.1. The van der Waals surface area contributed by atoms with E-state index >= 15 is 0 Å². The molecule has 0 aliphatic heterocycles. The highest BCUT2D eigenvalue weighted by Gasteiger charge is 2.14. The maximum absolute atomic E-state index is 12.2. The second-order valence-electron chi connectivity index (χ2n) is 4.45. The number of thiazole rings is 1. The first kappa shape index (κ1) is 14.6. The molecule has 3 N–H and O–H groups in total. The quantitative estimate of drug-likeness (QED) is 0.852. The third-order valence-electron chi connectivity index (χ3n) is 2.77. The summed E-state index contributed by atoms with van der Waals surface area (Å²) in [6, 6.07) is 6.85. The van der Waals surface area contributed by atoms with Crippen molar-refractivity contribution in [1.29, 1.82) is 0 Å². The van der Waals surface area contributed by atoms with Gasteiger partial charge >= 0.3 is 0 Å². The van der Waals surface area contributed by atoms with Gasteiger partial charge < -0.3 is 11.1 Å². The van der Waals surface area contributed by atoms with Crippen LogP contribution in [0, 0.1) is 6.92 Å². The topological polar surface area (TPSA) is 68.0 Å². The molecule has 2 aromatic rings. The van der Waals surface area contributed by atoms with E-state index < -0.39 is 0 Å². The number of benzene rings is 1. The normalized spacial score (nSPS) is 11.9. The van der Waals surface area contributed by atoms with Gasteiger partial charge in [0.1, 0.15) is 10.00 Å². The summed E-state index contributed by atoms with van der Waals surface area (Å²) in [6.45, 7) is 3.90. The Morgan fingerprint density at radius 3 is 2.75 bits per heavy atom. The molecule has 1 aromatic carbocycles. The molecule has 1 amide bonds. The van der Waals surface area contributed by atoms with Crippen LogP contribution in [0.2, 0.25) is 0 Å². The molecule has 0 spiro atoms. The van der Waals surface area contributed by atoms with Crippen LogP contribution in [0.5, 0.6) is 0 Å². The van der Waals surface area contributed by atoms with Crippen LogP contribution in [0.25, 0.3) is 0 Å². The minimum atomic E-state index is -0.163. The minimum absolute atomic E-state index is 0.130. The molecule has 0 radical (unpaired) electrons. The Bertz CT molecular complexity index is 651. The van der Waals surface area contributed by atoms with E-state index in [1.165, 1.54) is 0 Å². The lowest BCUT2D eigenvalue weighted by molar-refractivity contribution is 0.0940. The van der Waals surface area contributed by atoms with Crippen LogP contribution < -0.4 is 11.1 Å². The van der Waals surface area contributed by atoms with E-state index in [0.29, 0.717) is 11.1 Å². The number of rotatable bonds is 4. The Hall–Kier alpha value is -1.79. The summed E-state index contributed by atoms with van der Waals surface area (Å²) < 4.78 is 0. The Morgan fingerprint density at radius 2 is 2.15 bits per heavy atom. The molecule has 6 heteroatoms. The first-order valence-electron chi connectivity index (χ1n) is 6.10. The van der Waals surface area contributed by atoms with Crippen LogP contribution in [0.4, 0.5) is 0 Å². The first-order chi connectivity index (χ1) is 9.47. The smallest absolute Gasteiger partial charge is 0.251 e. The SMILES string of the molecule is Cc1cnc(C(C)NC(=O)c2cccc(C(N)=S)c2)s1. The van der Waals surface area contributed by atoms with Crippen molar-refractivity contribution in [2.75, 3.05) is 0 Å². The molecule has 104 valence electrons. The predicted molar refractivity (Wildman–Crippen MR) is 85.1 cm³/mol. The van der Waals surface area contributed by atoms with Gasteiger partial charge in [-0.2, -0.15) is 0 Å². The monoisotopic (exact) mass is 305 g/mol. The van der Waals surface area contributed by atoms with Crippen molar-refractivity contribution in [2.45, 2.75) is 19.9 Å². The highest BCUT2D eigenvalue weighted by molar-refractivity contribution is 7.80. The van der Waals surface area contributed by atoms with E-state index in [2.05, 4.69) is 10.3 Å². The van der Waals surface area contributed by atoms with Crippen molar-refractivity contribution in [3.05, 3.63) is 51.5 Å². The molecule has 0 aliphatic rings. The molecule has 0 saturated heterocycles. The highest BCUT2D eigenvalue weighted by atomic mass is 32.1. The molecule has 20 heavy (non-hydrogen) atoms. The number of aryl methyl sites for hydroxylation is 1. The molecule has 0 aliphatic carbocycles. The zero-order valence-electron chi connectivity index (χ0n) is 11.2. The van der Waals surface area contributed by atoms with Gasteiger partial charge in [-0.05, 0) is 26.0 Å². The average molecular weight is 305 g/mol. The van der Waals surface area contributed by atoms with E-state index in [1.54, 1.807) is 41.8 Å². The molecule has 4 nitrogen and oxygen atoms in total. The van der Waals surface area contributed by atoms with Gasteiger partial charge in [0.15, 0.2) is 0 Å². The van der Waals surface area contributed by atoms with Gasteiger partial charge in [-0.25, -0.2) is 4.98 Å². The lowest BCUT2D eigenvalue weighted by Gasteiger charge is -2.11. The molecular weight excluding hydrogens is 290 g/mol. The minimum Gasteiger partial charge on any atom is -0.389 e. The molecule has 1 heterocycles. The summed E-state index contributed by atoms with van der Waals surface area (Å²) in [6.07, 6.45) is 1.80. The van der Waals surface area contributed by atoms with Crippen molar-refractivity contribution in [3.8, 4) is 0 Å². The number of hydrogen-bond donors (Lipinski definition) is 2. The van der Waals surface area contributed by atoms with Crippen LogP contribution in [0.15, 0.2) is 30.5 Å². The predicted octanol–water partition coefficient (Wildman–Crippen LogP) is 2.58. The zero-order valence-corrected chi connectivity index (χ0v) is 12.8. The molecule has 1 aromatic heterocycles. The Kier molecular flexibility index (Phi) is 4.46. The summed E-state index contributed by atoms with van der Waals surface area (Å²) in [4.78, 5) is 17.9. The molecule has 2 rings (SSSR count). The molecule has 0 saturated carbocycles. The number of nitrogens with one attached hydrogen (secondary N) is 1. The number of hydrogen-bond acceptors (Lipinski definition) is 4. The summed E-state index contributed by atoms with van der Waals surface area (Å²) in [5.41, 5.74) is 6.79. The summed E-state index contributed by atoms with van der Waals surface area (Å²) in [7, 11) is 0. The Morgan fingerprint density at radius 1 is 1.45 bits per heavy atom. The van der Waals surface area contributed by atoms with Crippen LogP contribution in [-0.2, 0) is 0 Å². The van der Waals surface area contributed by atoms with Crippen LogP contribution in [0.1, 0.15) is 38.8 Å². The second kappa shape index (κ2) is 6.11. The number of amides is 1. The fourth-order valence-corrected chi connectivity index (χ4v) is 2.63. The van der Waals surface area contributed by atoms with Crippen molar-refractivity contribution >= 4 is 34.5 Å². The number of nitrogens with two attached hydrogens (primary N) is 1. The maximum Gasteiger partial charge on any atom is 0.251 e. The summed E-state index contributed by atoms with van der Waals surface area (Å²) >= 11 is 6.49. The number of carbonyl (C=O) groups is 1. The van der Waals surface area contributed by atoms with E-state index in [1.807, 2.05) is 13.8 Å². The third-order valence-corrected chi connectivity index (χ3v) is 4.10. The molecule has 1 unspecified atom stereocenters. The van der Waals surface area contributed by atoms with E-state index in [4.69, 9.17) is 18.0 Å². The van der Waals surface area contributed by atoms with Crippen molar-refractivity contribution in [2.24, 2.45) is 5.73 Å². The number of nitrogens with zero attached hydrogens (tertiary/aromatic N) is 1. The number of carbonyl (C=O) groups excluding carboxylic acids is 1. The number of thiocarbonyl (C=S) groups is 1. The largest absolute Gasteiger partial charge is 0.389 e. The molecule has 0 fully saturated rings. The molecule has 1 atom stereocenters. The number of aromatic nitrogens is 1. The molecule has 0 bridgehead atoms. The average Bonchev–Trinajstić information content (AvgIpc) is 2.85. The summed E-state index contributed by atoms with van der Waals surface area (Å²) in [5.74, 6) is -0.163. The van der Waals surface area contributed by atoms with E-state index in [0.717, 1.165) is 9.88 Å². The Labute approximate surface area is 127 Å². The highest BCUT2D eigenvalue weighted by Crippen LogP contribution is 2.19. The fraction of sp³-hybridized carbons (Fsp3) is 0.214. The van der Waals surface area contributed by atoms with Gasteiger partial charge in [0, 0.05) is 22.2 Å². The van der Waals surface area contributed by atoms with Crippen LogP contribution >= 0.6 is 23.6 Å². The molecular formula is C14H15N3OS2. The fourth-order valence-electron chi connectivity index (χ4n) is 1.73. The van der Waals surface area contributed by atoms with Gasteiger partial charge in [0.25, 0.3) is 5.91 Å². The van der Waals surface area contributed by atoms with Gasteiger partial charge in [0.05, 0.1) is 6.04 Å². The van der Waals surface area contributed by atoms with Crippen molar-refractivity contribution in [3.63, 3.8) is 0 Å². The zero-order chi connectivity index (χ0) is 14.7. The Balaban J connectivity index is 2.12. The van der Waals surface area contributed by atoms with Crippen LogP contribution in [0.3, 0.4) is 0 Å². The van der Waals surface area contributed by atoms with Gasteiger partial charge in [-0.1, -0.05) is 24.4 Å². The van der Waals surface area contributed by atoms with Crippen molar-refractivity contribution < 1.29 is 4.79 Å². The van der Waals surface area contributed by atoms with Crippen molar-refractivity contribution in [1.82, 2.24) is 10.3 Å². The van der Waals surface area contributed by atoms with E-state index in [-0.39, 0.29) is 16.9 Å². The van der Waals surface area contributed by atoms with Crippen LogP contribution in [-0.4, -0.2) is 15.9 Å².